The summed E-state index contributed by atoms with van der Waals surface area (Å²) in [6, 6.07) is -0.592. The SMILES string of the molecule is C=C(CSC)Nc1c(CCC2CC2)nn2c1C(=O)NC(C1=C(CC)C=C(F)C=CC1F)C2. The number of halogens is 2. The zero-order valence-electron chi connectivity index (χ0n) is 18.6. The number of aromatic nitrogens is 2. The molecule has 2 unspecified atom stereocenters. The third-order valence-electron chi connectivity index (χ3n) is 6.17. The Bertz CT molecular complexity index is 1010. The van der Waals surface area contributed by atoms with E-state index >= 15 is 4.39 Å². The Morgan fingerprint density at radius 1 is 1.44 bits per heavy atom. The lowest BCUT2D eigenvalue weighted by atomic mass is 9.93. The molecule has 0 saturated heterocycles. The van der Waals surface area contributed by atoms with Crippen LogP contribution in [-0.4, -0.2) is 39.9 Å². The number of hydrogen-bond donors (Lipinski definition) is 2. The lowest BCUT2D eigenvalue weighted by Gasteiger charge is -2.29. The van der Waals surface area contributed by atoms with Crippen LogP contribution in [0.2, 0.25) is 0 Å². The van der Waals surface area contributed by atoms with Crippen molar-refractivity contribution in [2.45, 2.75) is 57.8 Å². The largest absolute Gasteiger partial charge is 0.355 e. The Hall–Kier alpha value is -2.35. The highest BCUT2D eigenvalue weighted by molar-refractivity contribution is 7.98. The molecular weight excluding hydrogens is 430 g/mol. The molecule has 8 heteroatoms. The number of fused-ring (bicyclic) bond motifs is 1. The number of anilines is 1. The predicted molar refractivity (Wildman–Crippen MR) is 126 cm³/mol. The average Bonchev–Trinajstić information content (AvgIpc) is 3.53. The van der Waals surface area contributed by atoms with E-state index in [9.17, 15) is 9.18 Å². The number of allylic oxidation sites excluding steroid dienone is 5. The van der Waals surface area contributed by atoms with E-state index in [1.54, 1.807) is 16.4 Å². The normalized spacial score (nSPS) is 22.9. The van der Waals surface area contributed by atoms with Crippen molar-refractivity contribution in [3.8, 4) is 0 Å². The van der Waals surface area contributed by atoms with Crippen LogP contribution < -0.4 is 10.6 Å². The number of amides is 1. The molecule has 1 aliphatic heterocycles. The van der Waals surface area contributed by atoms with Gasteiger partial charge in [-0.3, -0.25) is 9.48 Å². The minimum atomic E-state index is -1.47. The standard InChI is InChI=1S/C24H30F2N4OS/c1-4-16-11-17(25)8-9-18(26)21(16)20-12-30-23(24(31)28-20)22(27-14(2)13-32-3)19(29-30)10-7-15-5-6-15/h8-9,11,15,18,20,27H,2,4-7,10,12-13H2,1,3H3,(H,28,31). The maximum atomic E-state index is 15.0. The molecule has 3 aliphatic rings. The van der Waals surface area contributed by atoms with Gasteiger partial charge in [-0.2, -0.15) is 16.9 Å². The second-order valence-corrected chi connectivity index (χ2v) is 9.51. The molecular formula is C24H30F2N4OS. The van der Waals surface area contributed by atoms with Gasteiger partial charge in [0.25, 0.3) is 5.91 Å². The Morgan fingerprint density at radius 2 is 2.22 bits per heavy atom. The fourth-order valence-corrected chi connectivity index (χ4v) is 4.83. The highest BCUT2D eigenvalue weighted by atomic mass is 32.2. The summed E-state index contributed by atoms with van der Waals surface area (Å²) in [5.41, 5.74) is 3.78. The number of nitrogens with zero attached hydrogens (tertiary/aromatic N) is 2. The quantitative estimate of drug-likeness (QED) is 0.539. The number of carbonyl (C=O) groups is 1. The van der Waals surface area contributed by atoms with Crippen molar-refractivity contribution in [3.05, 3.63) is 58.9 Å². The summed E-state index contributed by atoms with van der Waals surface area (Å²) in [6.45, 7) is 6.23. The Kier molecular flexibility index (Phi) is 6.88. The number of rotatable bonds is 9. The monoisotopic (exact) mass is 460 g/mol. The first-order valence-electron chi connectivity index (χ1n) is 11.2. The lowest BCUT2D eigenvalue weighted by Crippen LogP contribution is -2.47. The average molecular weight is 461 g/mol. The summed E-state index contributed by atoms with van der Waals surface area (Å²) in [6.07, 6.45) is 9.03. The second-order valence-electron chi connectivity index (χ2n) is 8.65. The van der Waals surface area contributed by atoms with Gasteiger partial charge in [-0.25, -0.2) is 8.78 Å². The summed E-state index contributed by atoms with van der Waals surface area (Å²) in [7, 11) is 0. The van der Waals surface area contributed by atoms with Crippen LogP contribution in [0.5, 0.6) is 0 Å². The highest BCUT2D eigenvalue weighted by Gasteiger charge is 2.36. The fraction of sp³-hybridized carbons (Fsp3) is 0.500. The van der Waals surface area contributed by atoms with E-state index in [1.807, 2.05) is 13.2 Å². The van der Waals surface area contributed by atoms with Gasteiger partial charge in [-0.1, -0.05) is 26.3 Å². The van der Waals surface area contributed by atoms with Crippen molar-refractivity contribution in [2.75, 3.05) is 17.3 Å². The third-order valence-corrected chi connectivity index (χ3v) is 6.81. The molecule has 1 fully saturated rings. The highest BCUT2D eigenvalue weighted by Crippen LogP contribution is 2.36. The summed E-state index contributed by atoms with van der Waals surface area (Å²) in [4.78, 5) is 13.2. The van der Waals surface area contributed by atoms with Crippen LogP contribution in [0.15, 0.2) is 47.5 Å². The topological polar surface area (TPSA) is 59.0 Å². The lowest BCUT2D eigenvalue weighted by molar-refractivity contribution is 0.0903. The van der Waals surface area contributed by atoms with Crippen molar-refractivity contribution < 1.29 is 13.6 Å². The van der Waals surface area contributed by atoms with E-state index in [0.717, 1.165) is 42.0 Å². The Labute approximate surface area is 192 Å². The van der Waals surface area contributed by atoms with Gasteiger partial charge < -0.3 is 10.6 Å². The van der Waals surface area contributed by atoms with Crippen LogP contribution in [0.3, 0.4) is 0 Å². The van der Waals surface area contributed by atoms with Gasteiger partial charge >= 0.3 is 0 Å². The van der Waals surface area contributed by atoms with Gasteiger partial charge in [0.2, 0.25) is 0 Å². The van der Waals surface area contributed by atoms with Crippen LogP contribution >= 0.6 is 11.8 Å². The summed E-state index contributed by atoms with van der Waals surface area (Å²) < 4.78 is 30.7. The predicted octanol–water partition coefficient (Wildman–Crippen LogP) is 5.09. The van der Waals surface area contributed by atoms with E-state index in [1.165, 1.54) is 25.0 Å². The first-order chi connectivity index (χ1) is 15.4. The van der Waals surface area contributed by atoms with Crippen molar-refractivity contribution >= 4 is 23.4 Å². The van der Waals surface area contributed by atoms with E-state index in [4.69, 9.17) is 5.10 Å². The van der Waals surface area contributed by atoms with E-state index < -0.39 is 18.0 Å². The van der Waals surface area contributed by atoms with Crippen molar-refractivity contribution in [2.24, 2.45) is 5.92 Å². The molecule has 2 atom stereocenters. The van der Waals surface area contributed by atoms with Crippen molar-refractivity contribution in [1.82, 2.24) is 15.1 Å². The third kappa shape index (κ3) is 4.85. The number of aryl methyl sites for hydroxylation is 1. The van der Waals surface area contributed by atoms with Crippen LogP contribution in [0.1, 0.15) is 48.8 Å². The van der Waals surface area contributed by atoms with Crippen LogP contribution in [0, 0.1) is 5.92 Å². The zero-order valence-corrected chi connectivity index (χ0v) is 19.4. The Balaban J connectivity index is 1.68. The molecule has 2 heterocycles. The molecule has 1 saturated carbocycles. The maximum absolute atomic E-state index is 15.0. The molecule has 2 aliphatic carbocycles. The molecule has 1 aromatic rings. The number of carbonyl (C=O) groups excluding carboxylic acids is 1. The van der Waals surface area contributed by atoms with Gasteiger partial charge in [0.15, 0.2) is 0 Å². The van der Waals surface area contributed by atoms with E-state index in [-0.39, 0.29) is 5.91 Å². The number of thioether (sulfide) groups is 1. The van der Waals surface area contributed by atoms with Gasteiger partial charge in [-0.15, -0.1) is 0 Å². The fourth-order valence-electron chi connectivity index (χ4n) is 4.41. The zero-order chi connectivity index (χ0) is 22.8. The summed E-state index contributed by atoms with van der Waals surface area (Å²) in [5.74, 6) is 0.667. The van der Waals surface area contributed by atoms with Gasteiger partial charge in [0.05, 0.1) is 24.0 Å². The molecule has 0 spiro atoms. The van der Waals surface area contributed by atoms with Crippen LogP contribution in [-0.2, 0) is 13.0 Å². The molecule has 1 amide bonds. The minimum absolute atomic E-state index is 0.302. The first-order valence-corrected chi connectivity index (χ1v) is 12.6. The van der Waals surface area contributed by atoms with E-state index in [2.05, 4.69) is 17.2 Å². The van der Waals surface area contributed by atoms with Gasteiger partial charge in [0, 0.05) is 11.4 Å². The molecule has 0 aromatic carbocycles. The van der Waals surface area contributed by atoms with Crippen molar-refractivity contribution in [3.63, 3.8) is 0 Å². The Morgan fingerprint density at radius 3 is 2.91 bits per heavy atom. The first kappa shape index (κ1) is 22.8. The maximum Gasteiger partial charge on any atom is 0.272 e. The van der Waals surface area contributed by atoms with Gasteiger partial charge in [0.1, 0.15) is 17.7 Å². The smallest absolute Gasteiger partial charge is 0.272 e. The molecule has 1 aromatic heterocycles. The number of hydrogen-bond acceptors (Lipinski definition) is 4. The number of alkyl halides is 1. The molecule has 4 rings (SSSR count). The van der Waals surface area contributed by atoms with Gasteiger partial charge in [-0.05, 0) is 60.8 Å². The molecule has 2 N–H and O–H groups in total. The molecule has 0 radical (unpaired) electrons. The van der Waals surface area contributed by atoms with Crippen molar-refractivity contribution in [1.29, 1.82) is 0 Å². The second kappa shape index (κ2) is 9.65. The molecule has 0 bridgehead atoms. The summed E-state index contributed by atoms with van der Waals surface area (Å²) >= 11 is 1.65. The van der Waals surface area contributed by atoms with E-state index in [0.29, 0.717) is 35.5 Å². The summed E-state index contributed by atoms with van der Waals surface area (Å²) in [5, 5.41) is 11.0. The molecule has 32 heavy (non-hydrogen) atoms. The number of nitrogens with one attached hydrogen (secondary N) is 2. The van der Waals surface area contributed by atoms with Crippen LogP contribution in [0.4, 0.5) is 14.5 Å². The van der Waals surface area contributed by atoms with Crippen LogP contribution in [0.25, 0.3) is 0 Å². The molecule has 5 nitrogen and oxygen atoms in total. The minimum Gasteiger partial charge on any atom is -0.355 e. The molecule has 172 valence electrons.